The van der Waals surface area contributed by atoms with Gasteiger partial charge < -0.3 is 25.1 Å². The fraction of sp³-hybridized carbons (Fsp3) is 0.355. The first-order valence-electron chi connectivity index (χ1n) is 13.2. The lowest BCUT2D eigenvalue weighted by molar-refractivity contribution is -0.157. The average molecular weight is 575 g/mol. The molecular formula is C31H35ClN6O3. The number of rotatable bonds is 7. The molecule has 41 heavy (non-hydrogen) atoms. The molecule has 0 amide bonds. The molecule has 3 N–H and O–H groups in total. The zero-order valence-corrected chi connectivity index (χ0v) is 25.2. The molecule has 0 aliphatic heterocycles. The summed E-state index contributed by atoms with van der Waals surface area (Å²) in [6, 6.07) is 7.38. The summed E-state index contributed by atoms with van der Waals surface area (Å²) in [5.41, 5.74) is 11.3. The van der Waals surface area contributed by atoms with E-state index in [1.54, 1.807) is 20.2 Å². The number of aryl methyl sites for hydroxylation is 1. The molecule has 1 unspecified atom stereocenters. The van der Waals surface area contributed by atoms with E-state index in [-0.39, 0.29) is 17.1 Å². The van der Waals surface area contributed by atoms with Gasteiger partial charge >= 0.3 is 5.97 Å². The number of carbonyl (C=O) groups excluding carboxylic acids is 1. The maximum atomic E-state index is 12.2. The lowest BCUT2D eigenvalue weighted by atomic mass is 10.1. The smallest absolute Gasteiger partial charge is 0.323 e. The van der Waals surface area contributed by atoms with Gasteiger partial charge in [-0.15, -0.1) is 0 Å². The number of fused-ring (bicyclic) bond motifs is 1. The van der Waals surface area contributed by atoms with Crippen LogP contribution in [0.3, 0.4) is 0 Å². The highest BCUT2D eigenvalue weighted by Gasteiger charge is 2.21. The van der Waals surface area contributed by atoms with E-state index in [1.165, 1.54) is 0 Å². The summed E-state index contributed by atoms with van der Waals surface area (Å²) in [5, 5.41) is 4.07. The van der Waals surface area contributed by atoms with Crippen LogP contribution in [0, 0.1) is 25.7 Å². The number of nitrogens with one attached hydrogen (secondary N) is 1. The molecule has 0 spiro atoms. The van der Waals surface area contributed by atoms with Crippen LogP contribution in [0.15, 0.2) is 36.7 Å². The summed E-state index contributed by atoms with van der Waals surface area (Å²) in [6.45, 7) is 12.2. The van der Waals surface area contributed by atoms with Gasteiger partial charge in [0, 0.05) is 35.6 Å². The first-order valence-corrected chi connectivity index (χ1v) is 13.6. The number of anilines is 1. The molecular weight excluding hydrogens is 540 g/mol. The monoisotopic (exact) mass is 574 g/mol. The number of nitrogen functional groups attached to an aromatic ring is 1. The number of ether oxygens (including phenoxy) is 2. The van der Waals surface area contributed by atoms with Gasteiger partial charge in [0.2, 0.25) is 5.95 Å². The standard InChI is InChI=1S/C31H35ClN6O3/c1-18-14-35-24(19(2)26(18)40-7)17-38-16-23(25-27(32)36-30(33)37-28(25)38)13-12-21-8-10-22(11-9-21)15-34-20(3)29(39)41-31(4,5)6/h8-11,14,16,20,34H,15,17H2,1-7H3,(H2,33,36,37). The van der Waals surface area contributed by atoms with Crippen molar-refractivity contribution in [2.75, 3.05) is 12.8 Å². The van der Waals surface area contributed by atoms with Gasteiger partial charge in [-0.3, -0.25) is 9.78 Å². The highest BCUT2D eigenvalue weighted by Crippen LogP contribution is 2.29. The topological polar surface area (TPSA) is 117 Å². The van der Waals surface area contributed by atoms with E-state index < -0.39 is 11.6 Å². The highest BCUT2D eigenvalue weighted by molar-refractivity contribution is 6.34. The predicted molar refractivity (Wildman–Crippen MR) is 161 cm³/mol. The van der Waals surface area contributed by atoms with E-state index in [9.17, 15) is 4.79 Å². The van der Waals surface area contributed by atoms with E-state index in [1.807, 2.05) is 69.6 Å². The van der Waals surface area contributed by atoms with E-state index in [0.717, 1.165) is 33.7 Å². The van der Waals surface area contributed by atoms with Gasteiger partial charge in [-0.2, -0.15) is 4.98 Å². The molecule has 1 atom stereocenters. The Labute approximate surface area is 245 Å². The van der Waals surface area contributed by atoms with Crippen molar-refractivity contribution >= 4 is 34.6 Å². The zero-order valence-electron chi connectivity index (χ0n) is 24.4. The Bertz CT molecular complexity index is 1650. The number of hydrogen-bond donors (Lipinski definition) is 2. The highest BCUT2D eigenvalue weighted by atomic mass is 35.5. The molecule has 10 heteroatoms. The van der Waals surface area contributed by atoms with E-state index in [0.29, 0.717) is 29.7 Å². The maximum absolute atomic E-state index is 12.2. The normalized spacial score (nSPS) is 12.1. The molecule has 0 radical (unpaired) electrons. The Balaban J connectivity index is 1.56. The van der Waals surface area contributed by atoms with Gasteiger partial charge in [0.1, 0.15) is 28.2 Å². The summed E-state index contributed by atoms with van der Waals surface area (Å²) in [4.78, 5) is 25.4. The number of nitrogens with zero attached hydrogens (tertiary/aromatic N) is 4. The van der Waals surface area contributed by atoms with Crippen LogP contribution >= 0.6 is 11.6 Å². The van der Waals surface area contributed by atoms with Crippen molar-refractivity contribution in [2.45, 2.75) is 66.3 Å². The average Bonchev–Trinajstić information content (AvgIpc) is 3.24. The SMILES string of the molecule is COc1c(C)cnc(Cn2cc(C#Cc3ccc(CNC(C)C(=O)OC(C)(C)C)cc3)c3c(Cl)nc(N)nc32)c1C. The summed E-state index contributed by atoms with van der Waals surface area (Å²) in [7, 11) is 1.65. The number of esters is 1. The fourth-order valence-corrected chi connectivity index (χ4v) is 4.63. The quantitative estimate of drug-likeness (QED) is 0.181. The van der Waals surface area contributed by atoms with Crippen LogP contribution in [0.5, 0.6) is 5.75 Å². The van der Waals surface area contributed by atoms with Crippen LogP contribution < -0.4 is 15.8 Å². The lowest BCUT2D eigenvalue weighted by Crippen LogP contribution is -2.38. The summed E-state index contributed by atoms with van der Waals surface area (Å²) in [6.07, 6.45) is 3.68. The van der Waals surface area contributed by atoms with Crippen molar-refractivity contribution in [3.05, 3.63) is 75.3 Å². The van der Waals surface area contributed by atoms with Gasteiger partial charge in [0.05, 0.1) is 30.3 Å². The molecule has 0 saturated carbocycles. The number of carbonyl (C=O) groups is 1. The Morgan fingerprint density at radius 2 is 1.88 bits per heavy atom. The van der Waals surface area contributed by atoms with Gasteiger partial charge in [-0.05, 0) is 59.2 Å². The first kappa shape index (κ1) is 29.8. The van der Waals surface area contributed by atoms with Crippen molar-refractivity contribution < 1.29 is 14.3 Å². The zero-order chi connectivity index (χ0) is 29.9. The van der Waals surface area contributed by atoms with Crippen LogP contribution in [0.2, 0.25) is 5.15 Å². The third-order valence-corrected chi connectivity index (χ3v) is 6.70. The Morgan fingerprint density at radius 3 is 2.54 bits per heavy atom. The molecule has 0 bridgehead atoms. The van der Waals surface area contributed by atoms with Gasteiger partial charge in [0.15, 0.2) is 0 Å². The number of pyridine rings is 1. The Kier molecular flexibility index (Phi) is 8.86. The number of halogens is 1. The number of aromatic nitrogens is 4. The largest absolute Gasteiger partial charge is 0.496 e. The second kappa shape index (κ2) is 12.2. The van der Waals surface area contributed by atoms with Gasteiger partial charge in [0.25, 0.3) is 0 Å². The Hall–Kier alpha value is -4.13. The molecule has 0 aliphatic rings. The molecule has 9 nitrogen and oxygen atoms in total. The van der Waals surface area contributed by atoms with Gasteiger partial charge in [-0.1, -0.05) is 35.6 Å². The van der Waals surface area contributed by atoms with E-state index in [2.05, 4.69) is 32.1 Å². The number of nitrogens with two attached hydrogens (primary N) is 1. The second-order valence-corrected chi connectivity index (χ2v) is 11.2. The number of benzene rings is 1. The molecule has 0 fully saturated rings. The molecule has 3 heterocycles. The maximum Gasteiger partial charge on any atom is 0.323 e. The molecule has 4 aromatic rings. The number of hydrogen-bond acceptors (Lipinski definition) is 8. The second-order valence-electron chi connectivity index (χ2n) is 10.9. The lowest BCUT2D eigenvalue weighted by Gasteiger charge is -2.22. The predicted octanol–water partition coefficient (Wildman–Crippen LogP) is 4.96. The fourth-order valence-electron chi connectivity index (χ4n) is 4.36. The van der Waals surface area contributed by atoms with Crippen LogP contribution in [0.1, 0.15) is 61.2 Å². The number of methoxy groups -OCH3 is 1. The molecule has 214 valence electrons. The van der Waals surface area contributed by atoms with E-state index in [4.69, 9.17) is 26.8 Å². The third kappa shape index (κ3) is 7.15. The molecule has 3 aromatic heterocycles. The summed E-state index contributed by atoms with van der Waals surface area (Å²) in [5.74, 6) is 7.03. The van der Waals surface area contributed by atoms with Crippen LogP contribution in [0.4, 0.5) is 5.95 Å². The molecule has 1 aromatic carbocycles. The van der Waals surface area contributed by atoms with Crippen LogP contribution in [-0.2, 0) is 22.6 Å². The minimum atomic E-state index is -0.521. The minimum Gasteiger partial charge on any atom is -0.496 e. The summed E-state index contributed by atoms with van der Waals surface area (Å²) < 4.78 is 12.9. The Morgan fingerprint density at radius 1 is 1.17 bits per heavy atom. The van der Waals surface area contributed by atoms with Gasteiger partial charge in [-0.25, -0.2) is 4.98 Å². The van der Waals surface area contributed by atoms with E-state index >= 15 is 0 Å². The molecule has 0 saturated heterocycles. The third-order valence-electron chi connectivity index (χ3n) is 6.43. The van der Waals surface area contributed by atoms with Crippen molar-refractivity contribution in [3.8, 4) is 17.6 Å². The summed E-state index contributed by atoms with van der Waals surface area (Å²) >= 11 is 6.52. The van der Waals surface area contributed by atoms with Crippen molar-refractivity contribution in [3.63, 3.8) is 0 Å². The minimum absolute atomic E-state index is 0.0812. The van der Waals surface area contributed by atoms with Crippen molar-refractivity contribution in [2.24, 2.45) is 0 Å². The first-order chi connectivity index (χ1) is 19.4. The van der Waals surface area contributed by atoms with Crippen LogP contribution in [-0.4, -0.2) is 44.2 Å². The van der Waals surface area contributed by atoms with Crippen molar-refractivity contribution in [1.29, 1.82) is 0 Å². The molecule has 4 rings (SSSR count). The van der Waals surface area contributed by atoms with Crippen molar-refractivity contribution in [1.82, 2.24) is 24.8 Å². The molecule has 0 aliphatic carbocycles. The van der Waals surface area contributed by atoms with Crippen LogP contribution in [0.25, 0.3) is 11.0 Å².